The number of nitrogens with zero attached hydrogens (tertiary/aromatic N) is 3. The van der Waals surface area contributed by atoms with Crippen molar-refractivity contribution in [1.29, 1.82) is 0 Å². The summed E-state index contributed by atoms with van der Waals surface area (Å²) >= 11 is 1.81. The van der Waals surface area contributed by atoms with Crippen LogP contribution in [0.4, 0.5) is 0 Å². The fourth-order valence-electron chi connectivity index (χ4n) is 8.64. The van der Waals surface area contributed by atoms with Crippen molar-refractivity contribution in [2.24, 2.45) is 0 Å². The molecule has 0 N–H and O–H groups in total. The molecule has 0 aliphatic rings. The second-order valence-corrected chi connectivity index (χ2v) is 15.7. The topological polar surface area (TPSA) is 43.9 Å². The van der Waals surface area contributed by atoms with Crippen LogP contribution in [0.25, 0.3) is 114 Å². The molecule has 12 aromatic rings. The van der Waals surface area contributed by atoms with Gasteiger partial charge in [0.25, 0.3) is 0 Å². The Morgan fingerprint density at radius 3 is 1.91 bits per heavy atom. The average molecular weight is 746 g/mol. The minimum Gasteiger partial charge on any atom is -0.452 e. The van der Waals surface area contributed by atoms with Crippen LogP contribution in [0.1, 0.15) is 0 Å². The third kappa shape index (κ3) is 5.06. The summed E-state index contributed by atoms with van der Waals surface area (Å²) in [4.78, 5) is 9.69. The molecule has 0 fully saturated rings. The van der Waals surface area contributed by atoms with E-state index in [9.17, 15) is 0 Å². The fraction of sp³-hybridized carbons (Fsp3) is 0. The molecule has 0 atom stereocenters. The number of furan rings is 1. The molecule has 4 aromatic heterocycles. The van der Waals surface area contributed by atoms with Gasteiger partial charge in [-0.1, -0.05) is 121 Å². The van der Waals surface area contributed by atoms with E-state index in [4.69, 9.17) is 14.4 Å². The van der Waals surface area contributed by atoms with Crippen LogP contribution in [0.3, 0.4) is 0 Å². The number of thiophene rings is 1. The van der Waals surface area contributed by atoms with Crippen LogP contribution in [-0.2, 0) is 0 Å². The first kappa shape index (κ1) is 32.0. The summed E-state index contributed by atoms with van der Waals surface area (Å²) in [5.41, 5.74) is 14.7. The second-order valence-electron chi connectivity index (χ2n) is 14.6. The lowest BCUT2D eigenvalue weighted by atomic mass is 9.98. The van der Waals surface area contributed by atoms with Gasteiger partial charge in [0.05, 0.1) is 11.0 Å². The zero-order chi connectivity index (χ0) is 37.5. The normalized spacial score (nSPS) is 11.9. The fourth-order valence-corrected chi connectivity index (χ4v) is 9.76. The molecule has 0 unspecified atom stereocenters. The monoisotopic (exact) mass is 745 g/mol. The maximum Gasteiger partial charge on any atom is 0.180 e. The summed E-state index contributed by atoms with van der Waals surface area (Å²) in [5, 5.41) is 5.85. The van der Waals surface area contributed by atoms with Gasteiger partial charge in [0.15, 0.2) is 5.58 Å². The van der Waals surface area contributed by atoms with Crippen molar-refractivity contribution in [2.45, 2.75) is 0 Å². The molecule has 8 aromatic carbocycles. The molecule has 0 bridgehead atoms. The van der Waals surface area contributed by atoms with Gasteiger partial charge in [-0.2, -0.15) is 0 Å². The zero-order valence-electron chi connectivity index (χ0n) is 30.6. The Balaban J connectivity index is 0.977. The molecule has 0 spiro atoms. The van der Waals surface area contributed by atoms with Crippen molar-refractivity contribution in [3.8, 4) is 50.3 Å². The summed E-state index contributed by atoms with van der Waals surface area (Å²) in [6.45, 7) is 0. The van der Waals surface area contributed by atoms with Crippen LogP contribution in [0.15, 0.2) is 193 Å². The minimum absolute atomic E-state index is 0.701. The predicted octanol–water partition coefficient (Wildman–Crippen LogP) is 14.5. The lowest BCUT2D eigenvalue weighted by molar-refractivity contribution is 0.667. The molecular formula is C52H31N3OS. The van der Waals surface area contributed by atoms with Crippen LogP contribution in [-0.4, -0.2) is 14.5 Å². The zero-order valence-corrected chi connectivity index (χ0v) is 31.4. The summed E-state index contributed by atoms with van der Waals surface area (Å²) in [7, 11) is 0. The van der Waals surface area contributed by atoms with Crippen molar-refractivity contribution in [3.05, 3.63) is 188 Å². The van der Waals surface area contributed by atoms with Crippen LogP contribution >= 0.6 is 11.3 Å². The van der Waals surface area contributed by atoms with Gasteiger partial charge in [0.1, 0.15) is 23.1 Å². The van der Waals surface area contributed by atoms with E-state index >= 15 is 0 Å². The van der Waals surface area contributed by atoms with Gasteiger partial charge in [-0.25, -0.2) is 9.97 Å². The number of para-hydroxylation sites is 2. The Morgan fingerprint density at radius 1 is 0.439 bits per heavy atom. The molecule has 12 rings (SSSR count). The van der Waals surface area contributed by atoms with E-state index in [1.807, 2.05) is 17.4 Å². The van der Waals surface area contributed by atoms with Crippen LogP contribution in [0, 0.1) is 0 Å². The highest BCUT2D eigenvalue weighted by molar-refractivity contribution is 7.26. The van der Waals surface area contributed by atoms with Gasteiger partial charge in [0, 0.05) is 47.6 Å². The molecule has 57 heavy (non-hydrogen) atoms. The molecule has 0 amide bonds. The lowest BCUT2D eigenvalue weighted by Gasteiger charge is -2.08. The number of fused-ring (bicyclic) bond motifs is 9. The summed E-state index contributed by atoms with van der Waals surface area (Å²) in [5.74, 6) is 0. The second kappa shape index (κ2) is 12.6. The molecule has 0 saturated heterocycles. The third-order valence-corrected chi connectivity index (χ3v) is 12.5. The van der Waals surface area contributed by atoms with E-state index in [2.05, 4.69) is 180 Å². The number of rotatable bonds is 5. The highest BCUT2D eigenvalue weighted by Crippen LogP contribution is 2.44. The van der Waals surface area contributed by atoms with Gasteiger partial charge < -0.3 is 8.98 Å². The molecule has 0 aliphatic carbocycles. The average Bonchev–Trinajstić information content (AvgIpc) is 3.96. The summed E-state index contributed by atoms with van der Waals surface area (Å²) < 4.78 is 11.4. The molecule has 4 heterocycles. The number of benzene rings is 8. The van der Waals surface area contributed by atoms with Gasteiger partial charge >= 0.3 is 0 Å². The quantitative estimate of drug-likeness (QED) is 0.176. The highest BCUT2D eigenvalue weighted by Gasteiger charge is 2.20. The first-order valence-electron chi connectivity index (χ1n) is 19.1. The molecule has 5 heteroatoms. The first-order valence-corrected chi connectivity index (χ1v) is 19.9. The number of aromatic nitrogens is 3. The Labute approximate surface area is 331 Å². The molecule has 4 nitrogen and oxygen atoms in total. The predicted molar refractivity (Wildman–Crippen MR) is 238 cm³/mol. The SMILES string of the molecule is c1ccc(-c2ccc(-c3ccc4oc5c(-c6cccc7sc8ccc(-c9ccc%10c(c9)c9ccccc9n%10-c9ccccc9)cc8c67)ncnc5c4c3)cc2)cc1. The van der Waals surface area contributed by atoms with Crippen LogP contribution < -0.4 is 0 Å². The van der Waals surface area contributed by atoms with E-state index in [-0.39, 0.29) is 0 Å². The molecule has 0 aliphatic heterocycles. The molecule has 0 radical (unpaired) electrons. The van der Waals surface area contributed by atoms with Gasteiger partial charge in [-0.3, -0.25) is 0 Å². The van der Waals surface area contributed by atoms with Crippen molar-refractivity contribution in [1.82, 2.24) is 14.5 Å². The summed E-state index contributed by atoms with van der Waals surface area (Å²) in [6.07, 6.45) is 1.67. The van der Waals surface area contributed by atoms with E-state index < -0.39 is 0 Å². The Morgan fingerprint density at radius 2 is 1.07 bits per heavy atom. The van der Waals surface area contributed by atoms with Crippen LogP contribution in [0.5, 0.6) is 0 Å². The van der Waals surface area contributed by atoms with Gasteiger partial charge in [0.2, 0.25) is 0 Å². The Hall–Kier alpha value is -7.34. The largest absolute Gasteiger partial charge is 0.452 e. The lowest BCUT2D eigenvalue weighted by Crippen LogP contribution is -1.92. The van der Waals surface area contributed by atoms with E-state index in [0.29, 0.717) is 5.58 Å². The summed E-state index contributed by atoms with van der Waals surface area (Å²) in [6, 6.07) is 65.1. The van der Waals surface area contributed by atoms with E-state index in [1.165, 1.54) is 64.2 Å². The van der Waals surface area contributed by atoms with Crippen LogP contribution in [0.2, 0.25) is 0 Å². The van der Waals surface area contributed by atoms with Crippen molar-refractivity contribution >= 4 is 75.4 Å². The molecule has 0 saturated carbocycles. The Bertz CT molecular complexity index is 3510. The minimum atomic E-state index is 0.701. The van der Waals surface area contributed by atoms with E-state index in [0.717, 1.165) is 44.6 Å². The maximum atomic E-state index is 6.62. The molecule has 266 valence electrons. The van der Waals surface area contributed by atoms with Gasteiger partial charge in [-0.05, 0) is 94.0 Å². The Kier molecular flexibility index (Phi) is 7.06. The highest BCUT2D eigenvalue weighted by atomic mass is 32.1. The van der Waals surface area contributed by atoms with Gasteiger partial charge in [-0.15, -0.1) is 11.3 Å². The van der Waals surface area contributed by atoms with Crippen molar-refractivity contribution in [2.75, 3.05) is 0 Å². The maximum absolute atomic E-state index is 6.62. The molecular weight excluding hydrogens is 715 g/mol. The standard InChI is InChI=1S/C52H31N3OS/c1-3-10-32(11-4-1)33-18-20-34(21-19-33)35-23-26-46-42(29-35)51-52(56-46)50(53-31-54-51)40-15-9-17-48-49(40)43-30-37(24-27-47(43)57-48)36-22-25-45-41(28-36)39-14-7-8-16-44(39)55(45)38-12-5-2-6-13-38/h1-31H. The van der Waals surface area contributed by atoms with E-state index in [1.54, 1.807) is 6.33 Å². The first-order chi connectivity index (χ1) is 28.2. The number of hydrogen-bond acceptors (Lipinski definition) is 4. The van der Waals surface area contributed by atoms with Crippen molar-refractivity contribution in [3.63, 3.8) is 0 Å². The smallest absolute Gasteiger partial charge is 0.180 e. The third-order valence-electron chi connectivity index (χ3n) is 11.3. The van der Waals surface area contributed by atoms with Crippen molar-refractivity contribution < 1.29 is 4.42 Å². The number of hydrogen-bond donors (Lipinski definition) is 0.